The molecule has 0 aliphatic heterocycles. The van der Waals surface area contributed by atoms with Crippen LogP contribution in [0, 0.1) is 6.92 Å². The van der Waals surface area contributed by atoms with Gasteiger partial charge in [0.2, 0.25) is 10.0 Å². The lowest BCUT2D eigenvalue weighted by Crippen LogP contribution is -2.35. The molecule has 1 aromatic heterocycles. The Morgan fingerprint density at radius 2 is 1.96 bits per heavy atom. The predicted molar refractivity (Wildman–Crippen MR) is 92.0 cm³/mol. The van der Waals surface area contributed by atoms with Gasteiger partial charge >= 0.3 is 0 Å². The van der Waals surface area contributed by atoms with Gasteiger partial charge in [0.05, 0.1) is 0 Å². The van der Waals surface area contributed by atoms with Crippen LogP contribution >= 0.6 is 11.6 Å². The quantitative estimate of drug-likeness (QED) is 0.867. The van der Waals surface area contributed by atoms with Crippen LogP contribution in [-0.4, -0.2) is 38.9 Å². The Morgan fingerprint density at radius 3 is 2.57 bits per heavy atom. The highest BCUT2D eigenvalue weighted by atomic mass is 35.5. The van der Waals surface area contributed by atoms with Crippen LogP contribution in [0.25, 0.3) is 0 Å². The van der Waals surface area contributed by atoms with Gasteiger partial charge in [-0.2, -0.15) is 0 Å². The third-order valence-corrected chi connectivity index (χ3v) is 5.53. The van der Waals surface area contributed by atoms with Crippen molar-refractivity contribution in [1.82, 2.24) is 14.6 Å². The number of nitrogens with zero attached hydrogens (tertiary/aromatic N) is 2. The van der Waals surface area contributed by atoms with Gasteiger partial charge in [-0.1, -0.05) is 29.8 Å². The van der Waals surface area contributed by atoms with Gasteiger partial charge in [0.1, 0.15) is 4.90 Å². The molecule has 0 aliphatic carbocycles. The van der Waals surface area contributed by atoms with E-state index < -0.39 is 10.0 Å². The zero-order valence-electron chi connectivity index (χ0n) is 13.3. The largest absolute Gasteiger partial charge is 0.301 e. The number of hydrogen-bond donors (Lipinski definition) is 1. The second kappa shape index (κ2) is 7.40. The van der Waals surface area contributed by atoms with Crippen LogP contribution in [0.2, 0.25) is 5.02 Å². The van der Waals surface area contributed by atoms with Crippen LogP contribution in [-0.2, 0) is 10.0 Å². The summed E-state index contributed by atoms with van der Waals surface area (Å²) in [5.74, 6) is 0. The molecule has 1 heterocycles. The summed E-state index contributed by atoms with van der Waals surface area (Å²) in [7, 11) is 0.150. The van der Waals surface area contributed by atoms with Crippen LogP contribution in [0.3, 0.4) is 0 Å². The molecule has 23 heavy (non-hydrogen) atoms. The number of rotatable bonds is 6. The normalized spacial score (nSPS) is 13.3. The molecule has 0 unspecified atom stereocenters. The number of aromatic nitrogens is 1. The second-order valence-electron chi connectivity index (χ2n) is 5.49. The summed E-state index contributed by atoms with van der Waals surface area (Å²) in [4.78, 5) is 6.02. The fraction of sp³-hybridized carbons (Fsp3) is 0.312. The van der Waals surface area contributed by atoms with Crippen molar-refractivity contribution in [3.05, 3.63) is 58.9 Å². The molecule has 0 bridgehead atoms. The van der Waals surface area contributed by atoms with E-state index in [1.165, 1.54) is 6.20 Å². The van der Waals surface area contributed by atoms with E-state index in [9.17, 15) is 8.42 Å². The third kappa shape index (κ3) is 4.29. The summed E-state index contributed by atoms with van der Waals surface area (Å²) in [6, 6.07) is 8.94. The minimum atomic E-state index is -3.62. The van der Waals surface area contributed by atoms with Gasteiger partial charge in [-0.15, -0.1) is 0 Å². The van der Waals surface area contributed by atoms with E-state index in [1.807, 2.05) is 37.2 Å². The monoisotopic (exact) mass is 353 g/mol. The lowest BCUT2D eigenvalue weighted by Gasteiger charge is -2.26. The first-order chi connectivity index (χ1) is 10.8. The van der Waals surface area contributed by atoms with Crippen molar-refractivity contribution >= 4 is 21.6 Å². The van der Waals surface area contributed by atoms with Crippen molar-refractivity contribution in [1.29, 1.82) is 0 Å². The summed E-state index contributed by atoms with van der Waals surface area (Å²) in [6.45, 7) is 1.96. The number of nitrogens with one attached hydrogen (secondary N) is 1. The molecule has 0 amide bonds. The second-order valence-corrected chi connectivity index (χ2v) is 7.64. The van der Waals surface area contributed by atoms with Crippen molar-refractivity contribution in [2.75, 3.05) is 20.6 Å². The Bertz CT molecular complexity index is 778. The van der Waals surface area contributed by atoms with Crippen LogP contribution in [0.4, 0.5) is 0 Å². The number of hydrogen-bond acceptors (Lipinski definition) is 4. The highest BCUT2D eigenvalue weighted by molar-refractivity contribution is 7.89. The molecule has 124 valence electrons. The van der Waals surface area contributed by atoms with Crippen molar-refractivity contribution in [3.8, 4) is 0 Å². The Labute approximate surface area is 142 Å². The average molecular weight is 354 g/mol. The van der Waals surface area contributed by atoms with Crippen molar-refractivity contribution in [3.63, 3.8) is 0 Å². The van der Waals surface area contributed by atoms with Gasteiger partial charge in [-0.3, -0.25) is 4.98 Å². The molecule has 0 fully saturated rings. The highest BCUT2D eigenvalue weighted by Gasteiger charge is 2.22. The van der Waals surface area contributed by atoms with E-state index in [-0.39, 0.29) is 17.5 Å². The van der Waals surface area contributed by atoms with Gasteiger partial charge in [-0.05, 0) is 44.3 Å². The van der Waals surface area contributed by atoms with E-state index >= 15 is 0 Å². The number of likely N-dealkylation sites (N-methyl/N-ethyl adjacent to an activating group) is 1. The Balaban J connectivity index is 2.23. The number of sulfonamides is 1. The molecule has 1 aromatic carbocycles. The van der Waals surface area contributed by atoms with Gasteiger partial charge < -0.3 is 4.90 Å². The molecule has 2 aromatic rings. The van der Waals surface area contributed by atoms with E-state index in [0.717, 1.165) is 5.56 Å². The molecule has 0 saturated heterocycles. The van der Waals surface area contributed by atoms with Crippen molar-refractivity contribution < 1.29 is 8.42 Å². The van der Waals surface area contributed by atoms with Crippen LogP contribution in [0.5, 0.6) is 0 Å². The van der Waals surface area contributed by atoms with Gasteiger partial charge in [0.15, 0.2) is 0 Å². The topological polar surface area (TPSA) is 62.3 Å². The number of aryl methyl sites for hydroxylation is 1. The number of pyridine rings is 1. The lowest BCUT2D eigenvalue weighted by molar-refractivity contribution is 0.299. The lowest BCUT2D eigenvalue weighted by atomic mass is 10.1. The first kappa shape index (κ1) is 17.9. The molecular formula is C16H20ClN3O2S. The van der Waals surface area contributed by atoms with Crippen LogP contribution in [0.15, 0.2) is 47.6 Å². The molecule has 1 N–H and O–H groups in total. The fourth-order valence-corrected chi connectivity index (χ4v) is 3.80. The van der Waals surface area contributed by atoms with Gasteiger partial charge in [0, 0.05) is 30.0 Å². The Kier molecular flexibility index (Phi) is 5.75. The summed E-state index contributed by atoms with van der Waals surface area (Å²) < 4.78 is 27.6. The first-order valence-corrected chi connectivity index (χ1v) is 9.00. The van der Waals surface area contributed by atoms with Crippen LogP contribution in [0.1, 0.15) is 17.2 Å². The zero-order chi connectivity index (χ0) is 17.0. The molecule has 0 spiro atoms. The molecule has 7 heteroatoms. The first-order valence-electron chi connectivity index (χ1n) is 7.14. The van der Waals surface area contributed by atoms with E-state index in [1.54, 1.807) is 25.3 Å². The van der Waals surface area contributed by atoms with Crippen molar-refractivity contribution in [2.24, 2.45) is 0 Å². The summed E-state index contributed by atoms with van der Waals surface area (Å²) in [6.07, 6.45) is 2.93. The molecular weight excluding hydrogens is 334 g/mol. The fourth-order valence-electron chi connectivity index (χ4n) is 2.31. The molecule has 2 rings (SSSR count). The van der Waals surface area contributed by atoms with Gasteiger partial charge in [-0.25, -0.2) is 13.1 Å². The Hall–Kier alpha value is -1.47. The maximum absolute atomic E-state index is 12.5. The van der Waals surface area contributed by atoms with E-state index in [0.29, 0.717) is 10.6 Å². The molecule has 0 radical (unpaired) electrons. The summed E-state index contributed by atoms with van der Waals surface area (Å²) >= 11 is 6.24. The third-order valence-electron chi connectivity index (χ3n) is 3.63. The maximum atomic E-state index is 12.5. The van der Waals surface area contributed by atoms with Crippen LogP contribution < -0.4 is 4.72 Å². The molecule has 0 aliphatic rings. The zero-order valence-corrected chi connectivity index (χ0v) is 14.9. The van der Waals surface area contributed by atoms with Crippen molar-refractivity contribution in [2.45, 2.75) is 17.9 Å². The maximum Gasteiger partial charge on any atom is 0.242 e. The van der Waals surface area contributed by atoms with Gasteiger partial charge in [0.25, 0.3) is 0 Å². The highest BCUT2D eigenvalue weighted by Crippen LogP contribution is 2.26. The predicted octanol–water partition coefficient (Wildman–Crippen LogP) is 2.62. The summed E-state index contributed by atoms with van der Waals surface area (Å²) in [5.41, 5.74) is 1.54. The smallest absolute Gasteiger partial charge is 0.242 e. The average Bonchev–Trinajstić information content (AvgIpc) is 2.49. The molecule has 1 atom stereocenters. The number of halogens is 1. The SMILES string of the molecule is Cc1ccncc1S(=O)(=O)NC[C@@H](c1ccccc1Cl)N(C)C. The number of benzene rings is 1. The molecule has 5 nitrogen and oxygen atoms in total. The summed E-state index contributed by atoms with van der Waals surface area (Å²) in [5, 5.41) is 0.614. The Morgan fingerprint density at radius 1 is 1.26 bits per heavy atom. The standard InChI is InChI=1S/C16H20ClN3O2S/c1-12-8-9-18-11-16(12)23(21,22)19-10-15(20(2)3)13-6-4-5-7-14(13)17/h4-9,11,15,19H,10H2,1-3H3/t15-/m0/s1. The minimum absolute atomic E-state index is 0.171. The molecule has 0 saturated carbocycles. The van der Waals surface area contributed by atoms with E-state index in [2.05, 4.69) is 9.71 Å². The van der Waals surface area contributed by atoms with E-state index in [4.69, 9.17) is 11.6 Å². The minimum Gasteiger partial charge on any atom is -0.301 e.